The molecule has 0 bridgehead atoms. The molecule has 5 nitrogen and oxygen atoms in total. The van der Waals surface area contributed by atoms with Gasteiger partial charge >= 0.3 is 0 Å². The molecular weight excluding hydrogens is 415 g/mol. The van der Waals surface area contributed by atoms with Crippen molar-refractivity contribution in [2.24, 2.45) is 10.7 Å². The minimum atomic E-state index is 0. The average Bonchev–Trinajstić information content (AvgIpc) is 2.54. The first-order valence-electron chi connectivity index (χ1n) is 8.59. The van der Waals surface area contributed by atoms with E-state index in [1.807, 2.05) is 0 Å². The third kappa shape index (κ3) is 6.57. The molecule has 1 heterocycles. The molecule has 6 heteroatoms. The molecule has 0 spiro atoms. The molecule has 0 amide bonds. The number of benzene rings is 1. The molecule has 0 radical (unpaired) electrons. The standard InChI is InChI=1S/C18H30N4O.HI/c1-4-22(5-2)18(19)20-12-16-7-6-8-17(11-16)14-21-9-10-23-15(3)13-21;/h6-8,11,15H,4-5,9-10,12-14H2,1-3H3,(H2,19,20);1H. The first kappa shape index (κ1) is 21.2. The van der Waals surface area contributed by atoms with E-state index in [0.717, 1.165) is 39.3 Å². The molecule has 2 rings (SSSR count). The second-order valence-corrected chi connectivity index (χ2v) is 6.08. The zero-order chi connectivity index (χ0) is 16.7. The number of ether oxygens (including phenoxy) is 1. The Morgan fingerprint density at radius 2 is 2.04 bits per heavy atom. The average molecular weight is 446 g/mol. The van der Waals surface area contributed by atoms with Gasteiger partial charge in [0, 0.05) is 32.7 Å². The third-order valence-corrected chi connectivity index (χ3v) is 4.23. The summed E-state index contributed by atoms with van der Waals surface area (Å²) in [5.74, 6) is 0.627. The van der Waals surface area contributed by atoms with Gasteiger partial charge in [0.25, 0.3) is 0 Å². The van der Waals surface area contributed by atoms with Gasteiger partial charge < -0.3 is 15.4 Å². The summed E-state index contributed by atoms with van der Waals surface area (Å²) in [6.45, 7) is 12.5. The van der Waals surface area contributed by atoms with E-state index in [2.05, 4.69) is 59.8 Å². The number of nitrogens with two attached hydrogens (primary N) is 1. The summed E-state index contributed by atoms with van der Waals surface area (Å²) >= 11 is 0. The largest absolute Gasteiger partial charge is 0.376 e. The van der Waals surface area contributed by atoms with Crippen LogP contribution in [0.5, 0.6) is 0 Å². The smallest absolute Gasteiger partial charge is 0.191 e. The Labute approximate surface area is 163 Å². The number of aliphatic imine (C=N–C) groups is 1. The van der Waals surface area contributed by atoms with E-state index in [-0.39, 0.29) is 24.0 Å². The first-order chi connectivity index (χ1) is 11.1. The second-order valence-electron chi connectivity index (χ2n) is 6.08. The van der Waals surface area contributed by atoms with Gasteiger partial charge in [0.2, 0.25) is 0 Å². The number of rotatable bonds is 6. The van der Waals surface area contributed by atoms with Crippen LogP contribution in [0.15, 0.2) is 29.3 Å². The highest BCUT2D eigenvalue weighted by Crippen LogP contribution is 2.12. The highest BCUT2D eigenvalue weighted by atomic mass is 127. The van der Waals surface area contributed by atoms with Crippen LogP contribution in [0.2, 0.25) is 0 Å². The van der Waals surface area contributed by atoms with Crippen LogP contribution >= 0.6 is 24.0 Å². The van der Waals surface area contributed by atoms with E-state index in [1.54, 1.807) is 0 Å². The second kappa shape index (κ2) is 10.9. The van der Waals surface area contributed by atoms with Gasteiger partial charge in [-0.2, -0.15) is 0 Å². The molecule has 1 atom stereocenters. The minimum Gasteiger partial charge on any atom is -0.376 e. The fourth-order valence-corrected chi connectivity index (χ4v) is 2.94. The molecule has 1 aliphatic heterocycles. The van der Waals surface area contributed by atoms with Crippen molar-refractivity contribution in [1.29, 1.82) is 0 Å². The van der Waals surface area contributed by atoms with Gasteiger partial charge in [-0.25, -0.2) is 4.99 Å². The Bertz CT molecular complexity index is 519. The Morgan fingerprint density at radius 1 is 1.33 bits per heavy atom. The van der Waals surface area contributed by atoms with Crippen LogP contribution in [-0.4, -0.2) is 54.6 Å². The Hall–Kier alpha value is -0.860. The van der Waals surface area contributed by atoms with E-state index < -0.39 is 0 Å². The minimum absolute atomic E-state index is 0. The number of halogens is 1. The summed E-state index contributed by atoms with van der Waals surface area (Å²) in [4.78, 5) is 9.04. The highest BCUT2D eigenvalue weighted by Gasteiger charge is 2.16. The highest BCUT2D eigenvalue weighted by molar-refractivity contribution is 14.0. The van der Waals surface area contributed by atoms with Crippen LogP contribution in [-0.2, 0) is 17.8 Å². The summed E-state index contributed by atoms with van der Waals surface area (Å²) in [6.07, 6.45) is 0.324. The summed E-state index contributed by atoms with van der Waals surface area (Å²) in [6, 6.07) is 8.64. The summed E-state index contributed by atoms with van der Waals surface area (Å²) < 4.78 is 5.60. The van der Waals surface area contributed by atoms with Gasteiger partial charge in [-0.15, -0.1) is 24.0 Å². The predicted octanol–water partition coefficient (Wildman–Crippen LogP) is 2.68. The Balaban J connectivity index is 0.00000288. The van der Waals surface area contributed by atoms with Gasteiger partial charge in [-0.1, -0.05) is 24.3 Å². The quantitative estimate of drug-likeness (QED) is 0.415. The fourth-order valence-electron chi connectivity index (χ4n) is 2.94. The normalized spacial score (nSPS) is 19.0. The van der Waals surface area contributed by atoms with Gasteiger partial charge in [0.05, 0.1) is 19.3 Å². The molecule has 24 heavy (non-hydrogen) atoms. The van der Waals surface area contributed by atoms with E-state index in [1.165, 1.54) is 11.1 Å². The maximum atomic E-state index is 6.04. The lowest BCUT2D eigenvalue weighted by Crippen LogP contribution is -2.40. The molecule has 1 saturated heterocycles. The predicted molar refractivity (Wildman–Crippen MR) is 111 cm³/mol. The van der Waals surface area contributed by atoms with Gasteiger partial charge in [0.1, 0.15) is 0 Å². The summed E-state index contributed by atoms with van der Waals surface area (Å²) in [7, 11) is 0. The van der Waals surface area contributed by atoms with Crippen LogP contribution in [0.1, 0.15) is 31.9 Å². The van der Waals surface area contributed by atoms with Crippen molar-refractivity contribution in [2.45, 2.75) is 40.0 Å². The van der Waals surface area contributed by atoms with Crippen molar-refractivity contribution in [3.63, 3.8) is 0 Å². The van der Waals surface area contributed by atoms with Crippen LogP contribution < -0.4 is 5.73 Å². The molecule has 1 unspecified atom stereocenters. The summed E-state index contributed by atoms with van der Waals surface area (Å²) in [5.41, 5.74) is 8.58. The van der Waals surface area contributed by atoms with Crippen LogP contribution in [0.3, 0.4) is 0 Å². The van der Waals surface area contributed by atoms with Crippen molar-refractivity contribution >= 4 is 29.9 Å². The molecule has 1 aromatic rings. The van der Waals surface area contributed by atoms with Gasteiger partial charge in [0.15, 0.2) is 5.96 Å². The maximum Gasteiger partial charge on any atom is 0.191 e. The van der Waals surface area contributed by atoms with E-state index in [4.69, 9.17) is 10.5 Å². The fraction of sp³-hybridized carbons (Fsp3) is 0.611. The molecule has 1 fully saturated rings. The summed E-state index contributed by atoms with van der Waals surface area (Å²) in [5, 5.41) is 0. The van der Waals surface area contributed by atoms with Crippen molar-refractivity contribution in [3.05, 3.63) is 35.4 Å². The lowest BCUT2D eigenvalue weighted by atomic mass is 10.1. The third-order valence-electron chi connectivity index (χ3n) is 4.23. The van der Waals surface area contributed by atoms with E-state index in [9.17, 15) is 0 Å². The van der Waals surface area contributed by atoms with Crippen molar-refractivity contribution < 1.29 is 4.74 Å². The number of hydrogen-bond acceptors (Lipinski definition) is 3. The lowest BCUT2D eigenvalue weighted by molar-refractivity contribution is -0.0212. The number of nitrogens with zero attached hydrogens (tertiary/aromatic N) is 3. The van der Waals surface area contributed by atoms with Crippen molar-refractivity contribution in [3.8, 4) is 0 Å². The zero-order valence-electron chi connectivity index (χ0n) is 15.1. The van der Waals surface area contributed by atoms with Crippen molar-refractivity contribution in [2.75, 3.05) is 32.8 Å². The van der Waals surface area contributed by atoms with Gasteiger partial charge in [-0.05, 0) is 31.9 Å². The number of morpholine rings is 1. The molecule has 0 aliphatic carbocycles. The van der Waals surface area contributed by atoms with Crippen LogP contribution in [0, 0.1) is 0 Å². The molecule has 1 aliphatic rings. The Kier molecular flexibility index (Phi) is 9.61. The zero-order valence-corrected chi connectivity index (χ0v) is 17.4. The maximum absolute atomic E-state index is 6.04. The topological polar surface area (TPSA) is 54.1 Å². The number of guanidine groups is 1. The number of hydrogen-bond donors (Lipinski definition) is 1. The molecule has 2 N–H and O–H groups in total. The Morgan fingerprint density at radius 3 is 2.71 bits per heavy atom. The molecular formula is C18H31IN4O. The molecule has 0 aromatic heterocycles. The van der Waals surface area contributed by atoms with Crippen LogP contribution in [0.25, 0.3) is 0 Å². The van der Waals surface area contributed by atoms with E-state index in [0.29, 0.717) is 18.6 Å². The first-order valence-corrected chi connectivity index (χ1v) is 8.59. The molecule has 0 saturated carbocycles. The van der Waals surface area contributed by atoms with E-state index >= 15 is 0 Å². The molecule has 136 valence electrons. The van der Waals surface area contributed by atoms with Crippen LogP contribution in [0.4, 0.5) is 0 Å². The monoisotopic (exact) mass is 446 g/mol. The lowest BCUT2D eigenvalue weighted by Gasteiger charge is -2.31. The SMILES string of the molecule is CCN(CC)C(N)=NCc1cccc(CN2CCOC(C)C2)c1.I. The van der Waals surface area contributed by atoms with Crippen molar-refractivity contribution in [1.82, 2.24) is 9.80 Å². The molecule has 1 aromatic carbocycles. The van der Waals surface area contributed by atoms with Gasteiger partial charge in [-0.3, -0.25) is 4.90 Å².